The SMILES string of the molecule is NS(=O)(=O)c1cc(CCNC(=O)C=Cc2cccs2)ccc1OCCOC(F)(F)F. The zero-order valence-electron chi connectivity index (χ0n) is 15.5. The highest BCUT2D eigenvalue weighted by atomic mass is 32.2. The Morgan fingerprint density at radius 2 is 2.00 bits per heavy atom. The molecular formula is C18H19F3N2O5S2. The van der Waals surface area contributed by atoms with Crippen molar-refractivity contribution in [2.45, 2.75) is 17.7 Å². The van der Waals surface area contributed by atoms with E-state index in [4.69, 9.17) is 9.88 Å². The maximum atomic E-state index is 12.0. The Balaban J connectivity index is 1.92. The van der Waals surface area contributed by atoms with Gasteiger partial charge in [0.1, 0.15) is 17.3 Å². The molecule has 3 N–H and O–H groups in total. The number of carbonyl (C=O) groups is 1. The van der Waals surface area contributed by atoms with Crippen LogP contribution in [0, 0.1) is 0 Å². The molecule has 0 bridgehead atoms. The highest BCUT2D eigenvalue weighted by molar-refractivity contribution is 7.89. The minimum atomic E-state index is -4.81. The fraction of sp³-hybridized carbons (Fsp3) is 0.278. The van der Waals surface area contributed by atoms with Crippen LogP contribution in [-0.4, -0.2) is 40.4 Å². The number of carbonyl (C=O) groups excluding carboxylic acids is 1. The molecular weight excluding hydrogens is 445 g/mol. The summed E-state index contributed by atoms with van der Waals surface area (Å²) in [5.74, 6) is -0.491. The van der Waals surface area contributed by atoms with Crippen molar-refractivity contribution in [3.05, 3.63) is 52.2 Å². The zero-order chi connectivity index (χ0) is 22.2. The molecule has 1 aromatic heterocycles. The number of alkyl halides is 3. The Morgan fingerprint density at radius 3 is 2.63 bits per heavy atom. The number of benzene rings is 1. The maximum Gasteiger partial charge on any atom is 0.522 e. The van der Waals surface area contributed by atoms with E-state index in [1.54, 1.807) is 6.08 Å². The quantitative estimate of drug-likeness (QED) is 0.415. The van der Waals surface area contributed by atoms with E-state index in [0.717, 1.165) is 4.88 Å². The molecule has 0 atom stereocenters. The molecule has 0 saturated heterocycles. The Bertz CT molecular complexity index is 974. The lowest BCUT2D eigenvalue weighted by Gasteiger charge is -2.13. The van der Waals surface area contributed by atoms with Gasteiger partial charge >= 0.3 is 6.36 Å². The first-order valence-corrected chi connectivity index (χ1v) is 11.0. The Hall–Kier alpha value is -2.41. The molecule has 0 fully saturated rings. The fourth-order valence-electron chi connectivity index (χ4n) is 2.29. The minimum absolute atomic E-state index is 0.185. The van der Waals surface area contributed by atoms with Crippen LogP contribution < -0.4 is 15.2 Å². The van der Waals surface area contributed by atoms with Crippen LogP contribution in [-0.2, 0) is 26.0 Å². The van der Waals surface area contributed by atoms with Crippen LogP contribution >= 0.6 is 11.3 Å². The largest absolute Gasteiger partial charge is 0.522 e. The second-order valence-corrected chi connectivity index (χ2v) is 8.37. The average molecular weight is 464 g/mol. The molecule has 30 heavy (non-hydrogen) atoms. The predicted molar refractivity (Wildman–Crippen MR) is 105 cm³/mol. The van der Waals surface area contributed by atoms with Crippen molar-refractivity contribution in [1.29, 1.82) is 0 Å². The van der Waals surface area contributed by atoms with Crippen molar-refractivity contribution < 1.29 is 35.9 Å². The summed E-state index contributed by atoms with van der Waals surface area (Å²) in [5, 5.41) is 9.72. The molecule has 0 unspecified atom stereocenters. The Morgan fingerprint density at radius 1 is 1.23 bits per heavy atom. The number of rotatable bonds is 10. The molecule has 0 saturated carbocycles. The Kier molecular flexibility index (Phi) is 8.41. The first-order chi connectivity index (χ1) is 14.0. The third-order valence-corrected chi connectivity index (χ3v) is 5.35. The van der Waals surface area contributed by atoms with Gasteiger partial charge in [-0.2, -0.15) is 0 Å². The molecule has 0 aliphatic carbocycles. The number of primary sulfonamides is 1. The van der Waals surface area contributed by atoms with Gasteiger partial charge in [-0.05, 0) is 41.6 Å². The predicted octanol–water partition coefficient (Wildman–Crippen LogP) is 2.68. The maximum absolute atomic E-state index is 12.0. The van der Waals surface area contributed by atoms with Crippen LogP contribution in [0.1, 0.15) is 10.4 Å². The average Bonchev–Trinajstić information content (AvgIpc) is 3.16. The summed E-state index contributed by atoms with van der Waals surface area (Å²) >= 11 is 1.49. The summed E-state index contributed by atoms with van der Waals surface area (Å²) in [6, 6.07) is 7.80. The standard InChI is InChI=1S/C18H19F3N2O5S2/c19-18(20,21)28-10-9-27-15-5-3-13(12-16(15)30(22,25)26)7-8-23-17(24)6-4-14-2-1-11-29-14/h1-6,11-12H,7-10H2,(H,23,24)(H2,22,25,26). The van der Waals surface area contributed by atoms with Gasteiger partial charge in [-0.25, -0.2) is 13.6 Å². The molecule has 1 amide bonds. The van der Waals surface area contributed by atoms with Crippen LogP contribution in [0.15, 0.2) is 46.7 Å². The molecule has 1 heterocycles. The number of hydrogen-bond donors (Lipinski definition) is 2. The number of amides is 1. The van der Waals surface area contributed by atoms with Crippen molar-refractivity contribution in [1.82, 2.24) is 5.32 Å². The summed E-state index contributed by atoms with van der Waals surface area (Å²) < 4.78 is 68.1. The van der Waals surface area contributed by atoms with Crippen LogP contribution in [0.4, 0.5) is 13.2 Å². The summed E-state index contributed by atoms with van der Waals surface area (Å²) in [5.41, 5.74) is 0.542. The minimum Gasteiger partial charge on any atom is -0.490 e. The molecule has 164 valence electrons. The van der Waals surface area contributed by atoms with E-state index in [1.165, 1.54) is 35.6 Å². The van der Waals surface area contributed by atoms with E-state index in [0.29, 0.717) is 12.0 Å². The van der Waals surface area contributed by atoms with Gasteiger partial charge in [0.05, 0.1) is 6.61 Å². The first-order valence-electron chi connectivity index (χ1n) is 8.53. The third kappa shape index (κ3) is 8.53. The lowest BCUT2D eigenvalue weighted by molar-refractivity contribution is -0.325. The first kappa shape index (κ1) is 23.9. The molecule has 0 radical (unpaired) electrons. The van der Waals surface area contributed by atoms with E-state index in [1.807, 2.05) is 17.5 Å². The normalized spacial score (nSPS) is 12.3. The highest BCUT2D eigenvalue weighted by Crippen LogP contribution is 2.25. The van der Waals surface area contributed by atoms with Crippen molar-refractivity contribution in [3.8, 4) is 5.75 Å². The van der Waals surface area contributed by atoms with Gasteiger partial charge in [0.2, 0.25) is 15.9 Å². The van der Waals surface area contributed by atoms with E-state index in [9.17, 15) is 26.4 Å². The topological polar surface area (TPSA) is 108 Å². The summed E-state index contributed by atoms with van der Waals surface area (Å²) in [4.78, 5) is 12.4. The number of nitrogens with two attached hydrogens (primary N) is 1. The van der Waals surface area contributed by atoms with Gasteiger partial charge in [-0.15, -0.1) is 24.5 Å². The van der Waals surface area contributed by atoms with Crippen LogP contribution in [0.5, 0.6) is 5.75 Å². The van der Waals surface area contributed by atoms with E-state index in [-0.39, 0.29) is 23.1 Å². The monoisotopic (exact) mass is 464 g/mol. The van der Waals surface area contributed by atoms with E-state index >= 15 is 0 Å². The number of halogens is 3. The van der Waals surface area contributed by atoms with Gasteiger partial charge in [0.25, 0.3) is 0 Å². The lowest BCUT2D eigenvalue weighted by atomic mass is 10.1. The van der Waals surface area contributed by atoms with Crippen molar-refractivity contribution in [3.63, 3.8) is 0 Å². The molecule has 0 spiro atoms. The number of sulfonamides is 1. The second kappa shape index (κ2) is 10.6. The highest BCUT2D eigenvalue weighted by Gasteiger charge is 2.28. The molecule has 1 aromatic carbocycles. The molecule has 2 aromatic rings. The molecule has 0 aliphatic heterocycles. The number of hydrogen-bond acceptors (Lipinski definition) is 6. The number of nitrogens with one attached hydrogen (secondary N) is 1. The lowest BCUT2D eigenvalue weighted by Crippen LogP contribution is -2.23. The van der Waals surface area contributed by atoms with Crippen molar-refractivity contribution in [2.24, 2.45) is 5.14 Å². The van der Waals surface area contributed by atoms with Crippen LogP contribution in [0.2, 0.25) is 0 Å². The van der Waals surface area contributed by atoms with Crippen molar-refractivity contribution in [2.75, 3.05) is 19.8 Å². The number of thiophene rings is 1. The zero-order valence-corrected chi connectivity index (χ0v) is 17.1. The van der Waals surface area contributed by atoms with Gasteiger partial charge in [-0.1, -0.05) is 12.1 Å². The summed E-state index contributed by atoms with van der Waals surface area (Å²) in [7, 11) is -4.18. The molecule has 2 rings (SSSR count). The number of ether oxygens (including phenoxy) is 2. The fourth-order valence-corrected chi connectivity index (χ4v) is 3.63. The van der Waals surface area contributed by atoms with Gasteiger partial charge < -0.3 is 10.1 Å². The molecule has 12 heteroatoms. The van der Waals surface area contributed by atoms with Gasteiger partial charge in [0.15, 0.2) is 0 Å². The van der Waals surface area contributed by atoms with Gasteiger partial charge in [-0.3, -0.25) is 9.53 Å². The second-order valence-electron chi connectivity index (χ2n) is 5.86. The molecule has 0 aliphatic rings. The summed E-state index contributed by atoms with van der Waals surface area (Å²) in [6.45, 7) is -1.09. The van der Waals surface area contributed by atoms with E-state index < -0.39 is 29.6 Å². The smallest absolute Gasteiger partial charge is 0.490 e. The van der Waals surface area contributed by atoms with Crippen LogP contribution in [0.25, 0.3) is 6.08 Å². The third-order valence-electron chi connectivity index (χ3n) is 3.58. The van der Waals surface area contributed by atoms with E-state index in [2.05, 4.69) is 10.1 Å². The molecule has 7 nitrogen and oxygen atoms in total. The summed E-state index contributed by atoms with van der Waals surface area (Å²) in [6.07, 6.45) is -1.44. The Labute approximate surface area is 175 Å². The van der Waals surface area contributed by atoms with Gasteiger partial charge in [0, 0.05) is 17.5 Å². The van der Waals surface area contributed by atoms with Crippen molar-refractivity contribution >= 4 is 33.3 Å². The van der Waals surface area contributed by atoms with Crippen LogP contribution in [0.3, 0.4) is 0 Å².